The molecule has 1 aliphatic carbocycles. The summed E-state index contributed by atoms with van der Waals surface area (Å²) in [7, 11) is 0. The number of allylic oxidation sites excluding steroid dienone is 3. The van der Waals surface area contributed by atoms with Crippen molar-refractivity contribution in [2.75, 3.05) is 0 Å². The number of ketones is 1. The van der Waals surface area contributed by atoms with Crippen LogP contribution in [0.2, 0.25) is 0 Å². The number of Topliss-reactive ketones (excluding diaryl/α,β-unsaturated/α-hetero) is 1. The normalized spacial score (nSPS) is 21.9. The summed E-state index contributed by atoms with van der Waals surface area (Å²) in [5, 5.41) is 17.8. The van der Waals surface area contributed by atoms with Gasteiger partial charge in [0.05, 0.1) is 6.10 Å². The molecule has 0 aromatic rings. The molecule has 2 N–H and O–H groups in total. The molecule has 0 saturated carbocycles. The maximum atomic E-state index is 11.3. The van der Waals surface area contributed by atoms with Gasteiger partial charge in [-0.05, 0) is 30.4 Å². The highest BCUT2D eigenvalue weighted by Crippen LogP contribution is 2.18. The van der Waals surface area contributed by atoms with Gasteiger partial charge < -0.3 is 10.2 Å². The first-order chi connectivity index (χ1) is 7.99. The van der Waals surface area contributed by atoms with E-state index in [1.165, 1.54) is 0 Å². The molecule has 1 rings (SSSR count). The van der Waals surface area contributed by atoms with Crippen LogP contribution in [0.4, 0.5) is 0 Å². The van der Waals surface area contributed by atoms with Gasteiger partial charge in [0.2, 0.25) is 0 Å². The molecule has 0 heterocycles. The Hall–Kier alpha value is -1.42. The van der Waals surface area contributed by atoms with Crippen LogP contribution in [0, 0.1) is 5.92 Å². The zero-order valence-corrected chi connectivity index (χ0v) is 9.93. The Bertz CT molecular complexity index is 354. The topological polar surface area (TPSA) is 74.6 Å². The number of carbonyl (C=O) groups excluding carboxylic acids is 1. The van der Waals surface area contributed by atoms with E-state index < -0.39 is 12.1 Å². The van der Waals surface area contributed by atoms with E-state index in [0.29, 0.717) is 18.4 Å². The minimum Gasteiger partial charge on any atom is -0.481 e. The first-order valence-electron chi connectivity index (χ1n) is 5.79. The zero-order chi connectivity index (χ0) is 12.8. The summed E-state index contributed by atoms with van der Waals surface area (Å²) in [6, 6.07) is 0. The highest BCUT2D eigenvalue weighted by molar-refractivity contribution is 5.98. The van der Waals surface area contributed by atoms with Crippen molar-refractivity contribution in [3.8, 4) is 0 Å². The Morgan fingerprint density at radius 2 is 2.35 bits per heavy atom. The number of carbonyl (C=O) groups is 2. The maximum Gasteiger partial charge on any atom is 0.303 e. The van der Waals surface area contributed by atoms with Crippen molar-refractivity contribution in [1.29, 1.82) is 0 Å². The van der Waals surface area contributed by atoms with Crippen LogP contribution in [-0.2, 0) is 9.59 Å². The number of carboxylic acid groups (broad SMARTS) is 1. The van der Waals surface area contributed by atoms with Gasteiger partial charge in [0.1, 0.15) is 0 Å². The summed E-state index contributed by atoms with van der Waals surface area (Å²) in [5.41, 5.74) is 0.652. The second kappa shape index (κ2) is 6.35. The Kier molecular flexibility index (Phi) is 5.10. The monoisotopic (exact) mass is 238 g/mol. The van der Waals surface area contributed by atoms with Crippen molar-refractivity contribution >= 4 is 11.8 Å². The predicted molar refractivity (Wildman–Crippen MR) is 63.5 cm³/mol. The summed E-state index contributed by atoms with van der Waals surface area (Å²) in [5.74, 6) is -0.601. The van der Waals surface area contributed by atoms with Crippen molar-refractivity contribution in [3.63, 3.8) is 0 Å². The van der Waals surface area contributed by atoms with Crippen molar-refractivity contribution in [3.05, 3.63) is 23.8 Å². The van der Waals surface area contributed by atoms with E-state index in [1.54, 1.807) is 6.08 Å². The Labute approximate surface area is 101 Å². The summed E-state index contributed by atoms with van der Waals surface area (Å²) in [6.45, 7) is 1.94. The second-order valence-corrected chi connectivity index (χ2v) is 4.43. The standard InChI is InChI=1S/C13H18O4/c1-9(5-6-13(16)17)3-2-4-10-7-11(14)8-12(10)15/h2-3,7,9,11,14H,4-6,8H2,1H3,(H,16,17)/b3-2-. The zero-order valence-electron chi connectivity index (χ0n) is 9.93. The molecular weight excluding hydrogens is 220 g/mol. The third-order valence-electron chi connectivity index (χ3n) is 2.76. The van der Waals surface area contributed by atoms with Crippen molar-refractivity contribution in [2.24, 2.45) is 5.92 Å². The molecule has 0 saturated heterocycles. The van der Waals surface area contributed by atoms with Gasteiger partial charge in [0, 0.05) is 12.8 Å². The van der Waals surface area contributed by atoms with E-state index in [0.717, 1.165) is 0 Å². The van der Waals surface area contributed by atoms with E-state index in [9.17, 15) is 14.7 Å². The lowest BCUT2D eigenvalue weighted by Crippen LogP contribution is -2.01. The third kappa shape index (κ3) is 4.95. The highest BCUT2D eigenvalue weighted by Gasteiger charge is 2.20. The lowest BCUT2D eigenvalue weighted by atomic mass is 10.0. The third-order valence-corrected chi connectivity index (χ3v) is 2.76. The lowest BCUT2D eigenvalue weighted by Gasteiger charge is -2.02. The molecule has 0 aromatic carbocycles. The summed E-state index contributed by atoms with van der Waals surface area (Å²) in [4.78, 5) is 21.7. The van der Waals surface area contributed by atoms with Gasteiger partial charge in [-0.3, -0.25) is 9.59 Å². The van der Waals surface area contributed by atoms with Crippen LogP contribution >= 0.6 is 0 Å². The number of rotatable bonds is 6. The first kappa shape index (κ1) is 13.6. The number of hydrogen-bond donors (Lipinski definition) is 2. The summed E-state index contributed by atoms with van der Waals surface area (Å²) in [6.07, 6.45) is 6.22. The van der Waals surface area contributed by atoms with Crippen LogP contribution in [-0.4, -0.2) is 28.1 Å². The molecule has 0 spiro atoms. The van der Waals surface area contributed by atoms with Gasteiger partial charge in [0.15, 0.2) is 5.78 Å². The van der Waals surface area contributed by atoms with E-state index in [4.69, 9.17) is 5.11 Å². The van der Waals surface area contributed by atoms with Gasteiger partial charge in [0.25, 0.3) is 0 Å². The van der Waals surface area contributed by atoms with Gasteiger partial charge in [-0.2, -0.15) is 0 Å². The van der Waals surface area contributed by atoms with Crippen LogP contribution in [0.25, 0.3) is 0 Å². The van der Waals surface area contributed by atoms with Crippen molar-refractivity contribution < 1.29 is 19.8 Å². The smallest absolute Gasteiger partial charge is 0.303 e. The molecule has 0 fully saturated rings. The van der Waals surface area contributed by atoms with E-state index >= 15 is 0 Å². The van der Waals surface area contributed by atoms with E-state index in [2.05, 4.69) is 0 Å². The molecule has 0 radical (unpaired) electrons. The fourth-order valence-corrected chi connectivity index (χ4v) is 1.76. The highest BCUT2D eigenvalue weighted by atomic mass is 16.4. The molecule has 0 amide bonds. The van der Waals surface area contributed by atoms with Crippen LogP contribution in [0.3, 0.4) is 0 Å². The first-order valence-corrected chi connectivity index (χ1v) is 5.79. The largest absolute Gasteiger partial charge is 0.481 e. The number of hydrogen-bond acceptors (Lipinski definition) is 3. The van der Waals surface area contributed by atoms with Crippen LogP contribution in [0.1, 0.15) is 32.6 Å². The van der Waals surface area contributed by atoms with Crippen LogP contribution < -0.4 is 0 Å². The van der Waals surface area contributed by atoms with Crippen molar-refractivity contribution in [1.82, 2.24) is 0 Å². The summed E-state index contributed by atoms with van der Waals surface area (Å²) < 4.78 is 0. The van der Waals surface area contributed by atoms with Gasteiger partial charge in [-0.15, -0.1) is 0 Å². The molecular formula is C13H18O4. The minimum absolute atomic E-state index is 0.000314. The fraction of sp³-hybridized carbons (Fsp3) is 0.538. The molecule has 4 nitrogen and oxygen atoms in total. The van der Waals surface area contributed by atoms with E-state index in [-0.39, 0.29) is 24.5 Å². The molecule has 17 heavy (non-hydrogen) atoms. The second-order valence-electron chi connectivity index (χ2n) is 4.43. The van der Waals surface area contributed by atoms with Crippen LogP contribution in [0.5, 0.6) is 0 Å². The number of aliphatic carboxylic acids is 1. The van der Waals surface area contributed by atoms with Gasteiger partial charge in [-0.1, -0.05) is 19.1 Å². The molecule has 4 heteroatoms. The SMILES string of the molecule is CC(/C=C\CC1=CC(O)CC1=O)CCC(=O)O. The number of carboxylic acids is 1. The molecule has 94 valence electrons. The molecule has 2 atom stereocenters. The fourth-order valence-electron chi connectivity index (χ4n) is 1.76. The average Bonchev–Trinajstić information content (AvgIpc) is 2.55. The maximum absolute atomic E-state index is 11.3. The van der Waals surface area contributed by atoms with Crippen LogP contribution in [0.15, 0.2) is 23.8 Å². The molecule has 0 aliphatic heterocycles. The Balaban J connectivity index is 2.32. The lowest BCUT2D eigenvalue weighted by molar-refractivity contribution is -0.137. The molecule has 1 aliphatic rings. The quantitative estimate of drug-likeness (QED) is 0.690. The molecule has 0 aromatic heterocycles. The number of aliphatic hydroxyl groups excluding tert-OH is 1. The number of aliphatic hydroxyl groups is 1. The minimum atomic E-state index is -0.790. The van der Waals surface area contributed by atoms with Gasteiger partial charge >= 0.3 is 5.97 Å². The molecule has 2 unspecified atom stereocenters. The molecule has 0 bridgehead atoms. The van der Waals surface area contributed by atoms with Gasteiger partial charge in [-0.25, -0.2) is 0 Å². The van der Waals surface area contributed by atoms with E-state index in [1.807, 2.05) is 19.1 Å². The average molecular weight is 238 g/mol. The Morgan fingerprint density at radius 1 is 1.65 bits per heavy atom. The Morgan fingerprint density at radius 3 is 2.88 bits per heavy atom. The van der Waals surface area contributed by atoms with Crippen molar-refractivity contribution in [2.45, 2.75) is 38.7 Å². The predicted octanol–water partition coefficient (Wildman–Crippen LogP) is 1.69. The summed E-state index contributed by atoms with van der Waals surface area (Å²) >= 11 is 0.